The third kappa shape index (κ3) is 3.37. The van der Waals surface area contributed by atoms with E-state index in [1.165, 1.54) is 6.20 Å². The molecule has 0 spiro atoms. The van der Waals surface area contributed by atoms with Gasteiger partial charge >= 0.3 is 6.09 Å². The van der Waals surface area contributed by atoms with Crippen LogP contribution in [0.4, 0.5) is 10.6 Å². The van der Waals surface area contributed by atoms with Crippen molar-refractivity contribution in [2.45, 2.75) is 44.6 Å². The Morgan fingerprint density at radius 3 is 2.59 bits per heavy atom. The number of aromatic nitrogens is 1. The number of hydrogen-bond donors (Lipinski definition) is 1. The summed E-state index contributed by atoms with van der Waals surface area (Å²) in [7, 11) is 0. The lowest BCUT2D eigenvalue weighted by Crippen LogP contribution is -2.40. The molecule has 1 aliphatic carbocycles. The highest BCUT2D eigenvalue weighted by molar-refractivity contribution is 6.33. The third-order valence-electron chi connectivity index (χ3n) is 3.23. The predicted octanol–water partition coefficient (Wildman–Crippen LogP) is 3.21. The first-order valence-corrected chi connectivity index (χ1v) is 7.12. The van der Waals surface area contributed by atoms with Crippen LogP contribution in [0.5, 0.6) is 0 Å². The highest BCUT2D eigenvalue weighted by Crippen LogP contribution is 2.41. The Labute approximate surface area is 133 Å². The van der Waals surface area contributed by atoms with Crippen LogP contribution in [0.2, 0.25) is 5.02 Å². The van der Waals surface area contributed by atoms with Crippen molar-refractivity contribution < 1.29 is 14.3 Å². The predicted molar refractivity (Wildman–Crippen MR) is 80.6 cm³/mol. The molecule has 116 valence electrons. The van der Waals surface area contributed by atoms with E-state index in [4.69, 9.17) is 16.3 Å². The normalized spacial score (nSPS) is 16.4. The molecule has 1 heterocycles. The molecule has 6 nitrogen and oxygen atoms in total. The molecule has 0 bridgehead atoms. The van der Waals surface area contributed by atoms with Gasteiger partial charge in [0.05, 0.1) is 16.5 Å². The molecule has 22 heavy (non-hydrogen) atoms. The number of anilines is 1. The number of amides is 1. The number of carbonyl (C=O) groups excluding carboxylic acids is 2. The van der Waals surface area contributed by atoms with Crippen molar-refractivity contribution in [2.75, 3.05) is 5.32 Å². The molecule has 0 atom stereocenters. The number of Topliss-reactive ketones (excluding diaryl/α,β-unsaturated/α-hetero) is 1. The van der Waals surface area contributed by atoms with Gasteiger partial charge in [-0.2, -0.15) is 5.26 Å². The minimum Gasteiger partial charge on any atom is -0.444 e. The number of nitrogens with zero attached hydrogens (tertiary/aromatic N) is 2. The standard InChI is InChI=1S/C15H16ClN3O3/c1-14(2,3)22-13(21)19-12-11(16)4-9(7-18-12)15(8-17)5-10(20)6-15/h4,7H,5-6H2,1-3H3,(H,18,19,21). The van der Waals surface area contributed by atoms with E-state index >= 15 is 0 Å². The first kappa shape index (κ1) is 16.2. The topological polar surface area (TPSA) is 92.1 Å². The van der Waals surface area contributed by atoms with Crippen molar-refractivity contribution in [1.82, 2.24) is 4.98 Å². The summed E-state index contributed by atoms with van der Waals surface area (Å²) in [6.45, 7) is 5.24. The van der Waals surface area contributed by atoms with Gasteiger partial charge in [-0.25, -0.2) is 9.78 Å². The highest BCUT2D eigenvalue weighted by atomic mass is 35.5. The third-order valence-corrected chi connectivity index (χ3v) is 3.51. The van der Waals surface area contributed by atoms with Crippen LogP contribution in [0.25, 0.3) is 0 Å². The lowest BCUT2D eigenvalue weighted by molar-refractivity contribution is -0.126. The zero-order chi connectivity index (χ0) is 16.5. The quantitative estimate of drug-likeness (QED) is 0.903. The molecule has 0 saturated heterocycles. The Morgan fingerprint density at radius 2 is 2.14 bits per heavy atom. The smallest absolute Gasteiger partial charge is 0.413 e. The van der Waals surface area contributed by atoms with Crippen molar-refractivity contribution in [3.63, 3.8) is 0 Å². The Morgan fingerprint density at radius 1 is 1.50 bits per heavy atom. The Balaban J connectivity index is 2.16. The summed E-state index contributed by atoms with van der Waals surface area (Å²) in [4.78, 5) is 27.0. The zero-order valence-electron chi connectivity index (χ0n) is 12.6. The van der Waals surface area contributed by atoms with E-state index in [1.54, 1.807) is 26.8 Å². The van der Waals surface area contributed by atoms with Crippen molar-refractivity contribution in [3.05, 3.63) is 22.8 Å². The number of ether oxygens (including phenoxy) is 1. The van der Waals surface area contributed by atoms with Gasteiger partial charge in [0.2, 0.25) is 0 Å². The monoisotopic (exact) mass is 321 g/mol. The van der Waals surface area contributed by atoms with Gasteiger partial charge in [-0.15, -0.1) is 0 Å². The molecule has 0 unspecified atom stereocenters. The van der Waals surface area contributed by atoms with Crippen LogP contribution in [-0.2, 0) is 14.9 Å². The van der Waals surface area contributed by atoms with Gasteiger partial charge in [0.15, 0.2) is 5.82 Å². The maximum absolute atomic E-state index is 11.7. The van der Waals surface area contributed by atoms with Crippen LogP contribution in [0.15, 0.2) is 12.3 Å². The Hall–Kier alpha value is -2.13. The van der Waals surface area contributed by atoms with Gasteiger partial charge in [0, 0.05) is 19.0 Å². The zero-order valence-corrected chi connectivity index (χ0v) is 13.3. The molecule has 0 radical (unpaired) electrons. The second kappa shape index (κ2) is 5.58. The maximum Gasteiger partial charge on any atom is 0.413 e. The average Bonchev–Trinajstić information content (AvgIpc) is 2.35. The first-order chi connectivity index (χ1) is 10.1. The van der Waals surface area contributed by atoms with Crippen LogP contribution in [0.3, 0.4) is 0 Å². The molecular formula is C15H16ClN3O3. The van der Waals surface area contributed by atoms with E-state index in [0.29, 0.717) is 5.56 Å². The van der Waals surface area contributed by atoms with Gasteiger partial charge in [-0.1, -0.05) is 11.6 Å². The summed E-state index contributed by atoms with van der Waals surface area (Å²) in [5.74, 6) is 0.187. The molecule has 7 heteroatoms. The van der Waals surface area contributed by atoms with E-state index in [0.717, 1.165) is 0 Å². The molecule has 0 aromatic carbocycles. The van der Waals surface area contributed by atoms with E-state index in [1.807, 2.05) is 0 Å². The molecule has 1 aromatic heterocycles. The molecule has 2 rings (SSSR count). The van der Waals surface area contributed by atoms with E-state index < -0.39 is 17.1 Å². The summed E-state index contributed by atoms with van der Waals surface area (Å²) < 4.78 is 5.12. The number of nitrogens with one attached hydrogen (secondary N) is 1. The first-order valence-electron chi connectivity index (χ1n) is 6.74. The van der Waals surface area contributed by atoms with Gasteiger partial charge in [0.1, 0.15) is 11.4 Å². The summed E-state index contributed by atoms with van der Waals surface area (Å²) in [6, 6.07) is 3.70. The van der Waals surface area contributed by atoms with Crippen LogP contribution in [0.1, 0.15) is 39.2 Å². The van der Waals surface area contributed by atoms with Gasteiger partial charge < -0.3 is 4.74 Å². The fraction of sp³-hybridized carbons (Fsp3) is 0.467. The SMILES string of the molecule is CC(C)(C)OC(=O)Nc1ncc(C2(C#N)CC(=O)C2)cc1Cl. The van der Waals surface area contributed by atoms with Gasteiger partial charge in [-0.3, -0.25) is 10.1 Å². The maximum atomic E-state index is 11.7. The van der Waals surface area contributed by atoms with E-state index in [-0.39, 0.29) is 29.5 Å². The summed E-state index contributed by atoms with van der Waals surface area (Å²) in [6.07, 6.45) is 1.12. The second-order valence-corrected chi connectivity index (χ2v) is 6.67. The molecule has 1 aliphatic rings. The van der Waals surface area contributed by atoms with Crippen molar-refractivity contribution >= 4 is 29.3 Å². The number of halogens is 1. The highest BCUT2D eigenvalue weighted by Gasteiger charge is 2.46. The van der Waals surface area contributed by atoms with Crippen LogP contribution in [0, 0.1) is 11.3 Å². The Kier molecular flexibility index (Phi) is 4.12. The largest absolute Gasteiger partial charge is 0.444 e. The minimum atomic E-state index is -0.849. The van der Waals surface area contributed by atoms with Gasteiger partial charge in [-0.05, 0) is 32.4 Å². The minimum absolute atomic E-state index is 0.0358. The van der Waals surface area contributed by atoms with Crippen molar-refractivity contribution in [3.8, 4) is 6.07 Å². The number of hydrogen-bond acceptors (Lipinski definition) is 5. The van der Waals surface area contributed by atoms with Crippen LogP contribution in [-0.4, -0.2) is 22.5 Å². The molecule has 1 aromatic rings. The fourth-order valence-corrected chi connectivity index (χ4v) is 2.37. The molecule has 1 fully saturated rings. The average molecular weight is 322 g/mol. The lowest BCUT2D eigenvalue weighted by Gasteiger charge is -2.33. The molecule has 1 amide bonds. The molecule has 1 N–H and O–H groups in total. The molecular weight excluding hydrogens is 306 g/mol. The number of carbonyl (C=O) groups is 2. The fourth-order valence-electron chi connectivity index (χ4n) is 2.16. The van der Waals surface area contributed by atoms with E-state index in [2.05, 4.69) is 16.4 Å². The number of nitriles is 1. The summed E-state index contributed by atoms with van der Waals surface area (Å²) in [5.41, 5.74) is -0.902. The molecule has 1 saturated carbocycles. The van der Waals surface area contributed by atoms with Crippen molar-refractivity contribution in [2.24, 2.45) is 0 Å². The summed E-state index contributed by atoms with van der Waals surface area (Å²) >= 11 is 6.10. The number of pyridine rings is 1. The summed E-state index contributed by atoms with van der Waals surface area (Å²) in [5, 5.41) is 11.9. The number of ketones is 1. The van der Waals surface area contributed by atoms with Gasteiger partial charge in [0.25, 0.3) is 0 Å². The lowest BCUT2D eigenvalue weighted by atomic mass is 9.65. The van der Waals surface area contributed by atoms with Crippen LogP contribution >= 0.6 is 11.6 Å². The Bertz CT molecular complexity index is 666. The molecule has 0 aliphatic heterocycles. The second-order valence-electron chi connectivity index (χ2n) is 6.27. The van der Waals surface area contributed by atoms with Crippen molar-refractivity contribution in [1.29, 1.82) is 5.26 Å². The van der Waals surface area contributed by atoms with Crippen LogP contribution < -0.4 is 5.32 Å². The number of rotatable bonds is 2. The van der Waals surface area contributed by atoms with E-state index in [9.17, 15) is 14.9 Å².